The van der Waals surface area contributed by atoms with E-state index >= 15 is 0 Å². The number of carbonyl (C=O) groups excluding carboxylic acids is 1. The molecule has 2 aliphatic heterocycles. The predicted molar refractivity (Wildman–Crippen MR) is 148 cm³/mol. The van der Waals surface area contributed by atoms with Gasteiger partial charge in [-0.15, -0.1) is 0 Å². The highest BCUT2D eigenvalue weighted by Gasteiger charge is 2.39. The summed E-state index contributed by atoms with van der Waals surface area (Å²) in [7, 11) is -3.55. The number of piperazine rings is 1. The average Bonchev–Trinajstić information content (AvgIpc) is 2.97. The van der Waals surface area contributed by atoms with Crippen LogP contribution in [0.5, 0.6) is 0 Å². The lowest BCUT2D eigenvalue weighted by Crippen LogP contribution is -2.50. The molecule has 4 aromatic rings. The summed E-state index contributed by atoms with van der Waals surface area (Å²) in [5.74, 6) is 0.152. The van der Waals surface area contributed by atoms with Crippen molar-refractivity contribution in [3.63, 3.8) is 0 Å². The quantitative estimate of drug-likeness (QED) is 0.358. The van der Waals surface area contributed by atoms with Gasteiger partial charge in [-0.05, 0) is 34.4 Å². The van der Waals surface area contributed by atoms with Gasteiger partial charge in [0.2, 0.25) is 15.7 Å². The molecule has 0 radical (unpaired) electrons. The van der Waals surface area contributed by atoms with Gasteiger partial charge >= 0.3 is 0 Å². The third-order valence-corrected chi connectivity index (χ3v) is 9.72. The highest BCUT2D eigenvalue weighted by molar-refractivity contribution is 7.91. The van der Waals surface area contributed by atoms with Gasteiger partial charge < -0.3 is 4.90 Å². The molecule has 4 aromatic carbocycles. The van der Waals surface area contributed by atoms with Crippen LogP contribution in [0.4, 0.5) is 0 Å². The Morgan fingerprint density at radius 2 is 1.11 bits per heavy atom. The van der Waals surface area contributed by atoms with Crippen LogP contribution in [0.3, 0.4) is 0 Å². The molecule has 1 saturated heterocycles. The van der Waals surface area contributed by atoms with Gasteiger partial charge in [-0.3, -0.25) is 9.69 Å². The van der Waals surface area contributed by atoms with E-state index in [2.05, 4.69) is 29.2 Å². The molecular formula is C32H30N2O3S. The first kappa shape index (κ1) is 24.6. The molecule has 0 atom stereocenters. The number of rotatable bonds is 5. The fourth-order valence-electron chi connectivity index (χ4n) is 5.91. The number of nitrogens with zero attached hydrogens (tertiary/aromatic N) is 2. The first-order valence-corrected chi connectivity index (χ1v) is 14.6. The van der Waals surface area contributed by atoms with Gasteiger partial charge in [0.25, 0.3) is 0 Å². The second-order valence-corrected chi connectivity index (χ2v) is 11.9. The van der Waals surface area contributed by atoms with Crippen LogP contribution in [0.1, 0.15) is 40.6 Å². The summed E-state index contributed by atoms with van der Waals surface area (Å²) in [6.07, 6.45) is 0.418. The molecule has 2 heterocycles. The molecule has 6 rings (SSSR count). The summed E-state index contributed by atoms with van der Waals surface area (Å²) in [6, 6.07) is 35.0. The van der Waals surface area contributed by atoms with E-state index in [1.807, 2.05) is 65.6 Å². The van der Waals surface area contributed by atoms with Gasteiger partial charge in [0.1, 0.15) is 0 Å². The van der Waals surface area contributed by atoms with E-state index in [1.54, 1.807) is 24.3 Å². The minimum absolute atomic E-state index is 0.00485. The maximum atomic E-state index is 13.5. The molecule has 0 saturated carbocycles. The summed E-state index contributed by atoms with van der Waals surface area (Å²) in [6.45, 7) is 2.59. The van der Waals surface area contributed by atoms with Crippen LogP contribution < -0.4 is 0 Å². The lowest BCUT2D eigenvalue weighted by molar-refractivity contribution is -0.133. The third-order valence-electron chi connectivity index (χ3n) is 7.82. The summed E-state index contributed by atoms with van der Waals surface area (Å²) >= 11 is 0. The number of benzene rings is 4. The smallest absolute Gasteiger partial charge is 0.223 e. The van der Waals surface area contributed by atoms with Crippen LogP contribution >= 0.6 is 0 Å². The largest absolute Gasteiger partial charge is 0.340 e. The van der Waals surface area contributed by atoms with E-state index in [0.29, 0.717) is 42.4 Å². The average molecular weight is 523 g/mol. The molecule has 0 N–H and O–H groups in total. The maximum absolute atomic E-state index is 13.5. The van der Waals surface area contributed by atoms with Crippen molar-refractivity contribution in [1.29, 1.82) is 0 Å². The molecular weight excluding hydrogens is 492 g/mol. The van der Waals surface area contributed by atoms with Crippen molar-refractivity contribution < 1.29 is 13.2 Å². The van der Waals surface area contributed by atoms with Crippen LogP contribution in [0, 0.1) is 0 Å². The number of amides is 1. The zero-order valence-corrected chi connectivity index (χ0v) is 21.9. The number of hydrogen-bond donors (Lipinski definition) is 0. The Morgan fingerprint density at radius 1 is 0.658 bits per heavy atom. The SMILES string of the molecule is O=C(CC(c1ccccc1)c1ccccc1)N1CCN(C2c3ccccc3S(=O)(=O)c3ccccc32)CC1. The lowest BCUT2D eigenvalue weighted by atomic mass is 9.88. The van der Waals surface area contributed by atoms with Crippen LogP contribution in [0.2, 0.25) is 0 Å². The van der Waals surface area contributed by atoms with Crippen LogP contribution in [-0.4, -0.2) is 50.3 Å². The summed E-state index contributed by atoms with van der Waals surface area (Å²) in [5.41, 5.74) is 3.92. The number of fused-ring (bicyclic) bond motifs is 2. The van der Waals surface area contributed by atoms with Crippen molar-refractivity contribution in [1.82, 2.24) is 9.80 Å². The molecule has 192 valence electrons. The lowest BCUT2D eigenvalue weighted by Gasteiger charge is -2.42. The van der Waals surface area contributed by atoms with E-state index < -0.39 is 9.84 Å². The fourth-order valence-corrected chi connectivity index (χ4v) is 7.65. The van der Waals surface area contributed by atoms with E-state index in [1.165, 1.54) is 0 Å². The topological polar surface area (TPSA) is 57.7 Å². The van der Waals surface area contributed by atoms with Crippen molar-refractivity contribution >= 4 is 15.7 Å². The van der Waals surface area contributed by atoms with E-state index in [9.17, 15) is 13.2 Å². The molecule has 0 aromatic heterocycles. The van der Waals surface area contributed by atoms with Gasteiger partial charge in [0.15, 0.2) is 0 Å². The van der Waals surface area contributed by atoms with Crippen molar-refractivity contribution in [3.8, 4) is 0 Å². The van der Waals surface area contributed by atoms with Crippen molar-refractivity contribution in [2.75, 3.05) is 26.2 Å². The van der Waals surface area contributed by atoms with E-state index in [0.717, 1.165) is 22.3 Å². The van der Waals surface area contributed by atoms with Crippen LogP contribution in [0.25, 0.3) is 0 Å². The molecule has 5 nitrogen and oxygen atoms in total. The fraction of sp³-hybridized carbons (Fsp3) is 0.219. The number of sulfone groups is 1. The molecule has 38 heavy (non-hydrogen) atoms. The Bertz CT molecular complexity index is 1450. The standard InChI is InChI=1S/C32H30N2O3S/c35-31(23-28(24-11-3-1-4-12-24)25-13-5-2-6-14-25)33-19-21-34(22-20-33)32-26-15-7-9-17-29(26)38(36,37)30-18-10-8-16-27(30)32/h1-18,28,32H,19-23H2. The predicted octanol–water partition coefficient (Wildman–Crippen LogP) is 5.29. The minimum atomic E-state index is -3.55. The molecule has 0 spiro atoms. The van der Waals surface area contributed by atoms with Crippen LogP contribution in [0.15, 0.2) is 119 Å². The highest BCUT2D eigenvalue weighted by atomic mass is 32.2. The number of carbonyl (C=O) groups is 1. The molecule has 0 aliphatic carbocycles. The Balaban J connectivity index is 1.22. The van der Waals surface area contributed by atoms with Crippen LogP contribution in [-0.2, 0) is 14.6 Å². The summed E-state index contributed by atoms with van der Waals surface area (Å²) in [4.78, 5) is 18.6. The molecule has 0 bridgehead atoms. The second-order valence-electron chi connectivity index (χ2n) is 9.98. The molecule has 1 amide bonds. The Labute approximate surface area is 224 Å². The maximum Gasteiger partial charge on any atom is 0.223 e. The first-order valence-electron chi connectivity index (χ1n) is 13.1. The minimum Gasteiger partial charge on any atom is -0.340 e. The zero-order valence-electron chi connectivity index (χ0n) is 21.1. The van der Waals surface area contributed by atoms with Crippen molar-refractivity contribution in [2.45, 2.75) is 28.2 Å². The van der Waals surface area contributed by atoms with Crippen molar-refractivity contribution in [3.05, 3.63) is 131 Å². The van der Waals surface area contributed by atoms with Gasteiger partial charge in [0.05, 0.1) is 15.8 Å². The Hall–Kier alpha value is -3.74. The van der Waals surface area contributed by atoms with E-state index in [-0.39, 0.29) is 17.9 Å². The highest BCUT2D eigenvalue weighted by Crippen LogP contribution is 2.43. The van der Waals surface area contributed by atoms with Crippen molar-refractivity contribution in [2.24, 2.45) is 0 Å². The van der Waals surface area contributed by atoms with Gasteiger partial charge in [0, 0.05) is 38.5 Å². The Morgan fingerprint density at radius 3 is 1.61 bits per heavy atom. The van der Waals surface area contributed by atoms with E-state index in [4.69, 9.17) is 0 Å². The molecule has 1 fully saturated rings. The Kier molecular flexibility index (Phi) is 6.60. The third kappa shape index (κ3) is 4.44. The monoisotopic (exact) mass is 522 g/mol. The number of hydrogen-bond acceptors (Lipinski definition) is 4. The molecule has 2 aliphatic rings. The molecule has 6 heteroatoms. The second kappa shape index (κ2) is 10.2. The normalized spacial score (nSPS) is 17.1. The summed E-state index contributed by atoms with van der Waals surface area (Å²) in [5, 5.41) is 0. The molecule has 0 unspecified atom stereocenters. The summed E-state index contributed by atoms with van der Waals surface area (Å²) < 4.78 is 26.7. The van der Waals surface area contributed by atoms with Gasteiger partial charge in [-0.1, -0.05) is 97.1 Å². The van der Waals surface area contributed by atoms with Gasteiger partial charge in [-0.25, -0.2) is 8.42 Å². The van der Waals surface area contributed by atoms with Gasteiger partial charge in [-0.2, -0.15) is 0 Å². The first-order chi connectivity index (χ1) is 18.5. The zero-order chi connectivity index (χ0) is 26.1.